The highest BCUT2D eigenvalue weighted by molar-refractivity contribution is 7.13. The average molecular weight is 396 g/mol. The third kappa shape index (κ3) is 3.33. The summed E-state index contributed by atoms with van der Waals surface area (Å²) in [6, 6.07) is 9.84. The second-order valence-corrected chi connectivity index (χ2v) is 7.98. The van der Waals surface area contributed by atoms with Gasteiger partial charge in [-0.25, -0.2) is 9.67 Å². The summed E-state index contributed by atoms with van der Waals surface area (Å²) in [5, 5.41) is 11.3. The molecule has 144 valence electrons. The van der Waals surface area contributed by atoms with Gasteiger partial charge in [-0.15, -0.1) is 16.4 Å². The smallest absolute Gasteiger partial charge is 0.229 e. The van der Waals surface area contributed by atoms with Gasteiger partial charge in [0.05, 0.1) is 18.2 Å². The van der Waals surface area contributed by atoms with E-state index in [0.29, 0.717) is 19.7 Å². The van der Waals surface area contributed by atoms with Crippen molar-refractivity contribution >= 4 is 22.4 Å². The molecule has 3 aromatic rings. The molecule has 1 amide bonds. The molecule has 28 heavy (non-hydrogen) atoms. The number of anilines is 1. The number of hydrogen-bond acceptors (Lipinski definition) is 7. The highest BCUT2D eigenvalue weighted by Crippen LogP contribution is 2.30. The van der Waals surface area contributed by atoms with E-state index in [9.17, 15) is 4.79 Å². The van der Waals surface area contributed by atoms with E-state index < -0.39 is 0 Å². The molecule has 0 N–H and O–H groups in total. The van der Waals surface area contributed by atoms with E-state index in [1.165, 1.54) is 0 Å². The van der Waals surface area contributed by atoms with Gasteiger partial charge in [-0.2, -0.15) is 0 Å². The molecule has 2 aliphatic rings. The van der Waals surface area contributed by atoms with E-state index in [4.69, 9.17) is 4.74 Å². The number of hydrogen-bond donors (Lipinski definition) is 0. The first-order valence-electron chi connectivity index (χ1n) is 9.28. The lowest BCUT2D eigenvalue weighted by atomic mass is 9.96. The van der Waals surface area contributed by atoms with E-state index in [2.05, 4.69) is 20.2 Å². The van der Waals surface area contributed by atoms with Gasteiger partial charge in [-0.3, -0.25) is 4.79 Å². The minimum Gasteiger partial charge on any atom is -0.487 e. The molecule has 4 heterocycles. The normalized spacial score (nSPS) is 17.3. The summed E-state index contributed by atoms with van der Waals surface area (Å²) in [5.41, 5.74) is 0.784. The van der Waals surface area contributed by atoms with Crippen LogP contribution in [0.5, 0.6) is 5.75 Å². The van der Waals surface area contributed by atoms with Gasteiger partial charge in [0, 0.05) is 37.8 Å². The molecular weight excluding hydrogens is 376 g/mol. The summed E-state index contributed by atoms with van der Waals surface area (Å²) in [5.74, 6) is 1.12. The maximum atomic E-state index is 12.6. The Balaban J connectivity index is 1.09. The number of benzene rings is 1. The Morgan fingerprint density at radius 3 is 2.75 bits per heavy atom. The molecule has 8 nitrogen and oxygen atoms in total. The van der Waals surface area contributed by atoms with Crippen LogP contribution in [-0.4, -0.2) is 57.0 Å². The number of carbonyl (C=O) groups is 1. The predicted molar refractivity (Wildman–Crippen MR) is 104 cm³/mol. The number of likely N-dealkylation sites (tertiary alicyclic amines) is 1. The van der Waals surface area contributed by atoms with Gasteiger partial charge in [0.1, 0.15) is 18.1 Å². The van der Waals surface area contributed by atoms with Crippen molar-refractivity contribution in [3.05, 3.63) is 53.8 Å². The van der Waals surface area contributed by atoms with Crippen LogP contribution >= 0.6 is 11.3 Å². The van der Waals surface area contributed by atoms with Crippen LogP contribution in [-0.2, 0) is 11.4 Å². The minimum atomic E-state index is 0.0791. The molecule has 0 atom stereocenters. The number of ether oxygens (including phenoxy) is 1. The summed E-state index contributed by atoms with van der Waals surface area (Å²) in [4.78, 5) is 20.9. The van der Waals surface area contributed by atoms with Crippen LogP contribution in [0.25, 0.3) is 0 Å². The first kappa shape index (κ1) is 17.2. The molecule has 2 fully saturated rings. The quantitative estimate of drug-likeness (QED) is 0.633. The van der Waals surface area contributed by atoms with E-state index in [1.54, 1.807) is 17.5 Å². The molecular formula is C19H20N6O2S. The van der Waals surface area contributed by atoms with Crippen molar-refractivity contribution in [2.24, 2.45) is 5.92 Å². The number of thiazole rings is 1. The number of para-hydroxylation sites is 1. The van der Waals surface area contributed by atoms with Crippen LogP contribution in [0.15, 0.2) is 48.1 Å². The molecule has 9 heteroatoms. The standard InChI is InChI=1S/C19H20N6O2S/c26-18(14-8-24(9-14)19-20-6-7-28-19)23-11-16(12-23)25-10-15(21-22-25)13-27-17-4-2-1-3-5-17/h1-7,10,14,16H,8-9,11-13H2. The van der Waals surface area contributed by atoms with Crippen molar-refractivity contribution in [1.82, 2.24) is 24.9 Å². The third-order valence-electron chi connectivity index (χ3n) is 5.16. The average Bonchev–Trinajstić information content (AvgIpc) is 3.31. The van der Waals surface area contributed by atoms with Gasteiger partial charge >= 0.3 is 0 Å². The van der Waals surface area contributed by atoms with E-state index in [-0.39, 0.29) is 17.9 Å². The van der Waals surface area contributed by atoms with Gasteiger partial charge in [-0.05, 0) is 12.1 Å². The molecule has 0 radical (unpaired) electrons. The molecule has 5 rings (SSSR count). The first-order chi connectivity index (χ1) is 13.8. The predicted octanol–water partition coefficient (Wildman–Crippen LogP) is 1.83. The molecule has 0 saturated carbocycles. The van der Waals surface area contributed by atoms with Crippen molar-refractivity contribution in [1.29, 1.82) is 0 Å². The highest BCUT2D eigenvalue weighted by atomic mass is 32.1. The zero-order valence-electron chi connectivity index (χ0n) is 15.2. The Bertz CT molecular complexity index is 933. The van der Waals surface area contributed by atoms with Crippen molar-refractivity contribution in [3.8, 4) is 5.75 Å². The molecule has 2 saturated heterocycles. The fourth-order valence-electron chi connectivity index (χ4n) is 3.46. The van der Waals surface area contributed by atoms with Crippen LogP contribution in [0.2, 0.25) is 0 Å². The van der Waals surface area contributed by atoms with Crippen LogP contribution < -0.4 is 9.64 Å². The summed E-state index contributed by atoms with van der Waals surface area (Å²) in [6.07, 6.45) is 3.70. The summed E-state index contributed by atoms with van der Waals surface area (Å²) >= 11 is 1.61. The van der Waals surface area contributed by atoms with Crippen molar-refractivity contribution in [2.45, 2.75) is 12.6 Å². The largest absolute Gasteiger partial charge is 0.487 e. The van der Waals surface area contributed by atoms with Crippen molar-refractivity contribution < 1.29 is 9.53 Å². The van der Waals surface area contributed by atoms with Gasteiger partial charge in [0.2, 0.25) is 5.91 Å². The van der Waals surface area contributed by atoms with Gasteiger partial charge in [-0.1, -0.05) is 23.4 Å². The molecule has 0 unspecified atom stereocenters. The topological polar surface area (TPSA) is 76.4 Å². The van der Waals surface area contributed by atoms with Gasteiger partial charge in [0.25, 0.3) is 0 Å². The maximum absolute atomic E-state index is 12.6. The van der Waals surface area contributed by atoms with Crippen LogP contribution in [0.3, 0.4) is 0 Å². The van der Waals surface area contributed by atoms with Crippen LogP contribution in [0.4, 0.5) is 5.13 Å². The Morgan fingerprint density at radius 2 is 2.00 bits per heavy atom. The zero-order chi connectivity index (χ0) is 18.9. The Hall–Kier alpha value is -2.94. The molecule has 0 bridgehead atoms. The molecule has 2 aromatic heterocycles. The number of rotatable bonds is 6. The lowest BCUT2D eigenvalue weighted by Gasteiger charge is -2.45. The third-order valence-corrected chi connectivity index (χ3v) is 5.99. The lowest BCUT2D eigenvalue weighted by molar-refractivity contribution is -0.142. The van der Waals surface area contributed by atoms with E-state index in [0.717, 1.165) is 29.7 Å². The number of nitrogens with zero attached hydrogens (tertiary/aromatic N) is 6. The van der Waals surface area contributed by atoms with Gasteiger partial charge < -0.3 is 14.5 Å². The monoisotopic (exact) mass is 396 g/mol. The Kier molecular flexibility index (Phi) is 4.44. The van der Waals surface area contributed by atoms with Crippen molar-refractivity contribution in [3.63, 3.8) is 0 Å². The van der Waals surface area contributed by atoms with Crippen LogP contribution in [0.1, 0.15) is 11.7 Å². The summed E-state index contributed by atoms with van der Waals surface area (Å²) < 4.78 is 7.54. The summed E-state index contributed by atoms with van der Waals surface area (Å²) in [7, 11) is 0. The van der Waals surface area contributed by atoms with E-state index in [1.807, 2.05) is 51.5 Å². The highest BCUT2D eigenvalue weighted by Gasteiger charge is 2.41. The van der Waals surface area contributed by atoms with E-state index >= 15 is 0 Å². The van der Waals surface area contributed by atoms with Crippen molar-refractivity contribution in [2.75, 3.05) is 31.1 Å². The molecule has 0 aliphatic carbocycles. The molecule has 2 aliphatic heterocycles. The Morgan fingerprint density at radius 1 is 1.18 bits per heavy atom. The van der Waals surface area contributed by atoms with Crippen LogP contribution in [0, 0.1) is 5.92 Å². The lowest BCUT2D eigenvalue weighted by Crippen LogP contribution is -2.59. The molecule has 1 aromatic carbocycles. The second-order valence-electron chi connectivity index (χ2n) is 7.11. The second kappa shape index (κ2) is 7.23. The minimum absolute atomic E-state index is 0.0791. The number of amides is 1. The fourth-order valence-corrected chi connectivity index (χ4v) is 4.12. The Labute approximate surface area is 166 Å². The zero-order valence-corrected chi connectivity index (χ0v) is 16.0. The fraction of sp³-hybridized carbons (Fsp3) is 0.368. The number of carbonyl (C=O) groups excluding carboxylic acids is 1. The van der Waals surface area contributed by atoms with Gasteiger partial charge in [0.15, 0.2) is 5.13 Å². The maximum Gasteiger partial charge on any atom is 0.229 e. The summed E-state index contributed by atoms with van der Waals surface area (Å²) in [6.45, 7) is 3.29. The first-order valence-corrected chi connectivity index (χ1v) is 10.2. The molecule has 0 spiro atoms. The SMILES string of the molecule is O=C(C1CN(c2nccs2)C1)N1CC(n2cc(COc3ccccc3)nn2)C1. The number of aromatic nitrogens is 4.